The third-order valence-corrected chi connectivity index (χ3v) is 8.45. The summed E-state index contributed by atoms with van der Waals surface area (Å²) >= 11 is 0. The summed E-state index contributed by atoms with van der Waals surface area (Å²) in [6, 6.07) is 7.15. The lowest BCUT2D eigenvalue weighted by atomic mass is 10.1. The summed E-state index contributed by atoms with van der Waals surface area (Å²) in [6.45, 7) is 7.06. The topological polar surface area (TPSA) is 167 Å². The van der Waals surface area contributed by atoms with Crippen LogP contribution in [-0.4, -0.2) is 73.4 Å². The van der Waals surface area contributed by atoms with Crippen molar-refractivity contribution in [1.82, 2.24) is 30.5 Å². The Labute approximate surface area is 233 Å². The highest BCUT2D eigenvalue weighted by Crippen LogP contribution is 2.24. The fraction of sp³-hybridized carbons (Fsp3) is 0.407. The molecular weight excluding hydrogens is 534 g/mol. The third kappa shape index (κ3) is 6.42. The Hall–Kier alpha value is -3.97. The second kappa shape index (κ2) is 12.0. The number of carbonyl (C=O) groups excluding carboxylic acids is 1. The van der Waals surface area contributed by atoms with Gasteiger partial charge in [-0.25, -0.2) is 8.42 Å². The van der Waals surface area contributed by atoms with E-state index < -0.39 is 34.5 Å². The van der Waals surface area contributed by atoms with Crippen LogP contribution in [0.5, 0.6) is 0 Å². The average molecular weight is 570 g/mol. The molecule has 12 nitrogen and oxygen atoms in total. The van der Waals surface area contributed by atoms with Gasteiger partial charge in [0.05, 0.1) is 28.2 Å². The molecule has 0 fully saturated rings. The first-order valence-electron chi connectivity index (χ1n) is 13.1. The van der Waals surface area contributed by atoms with Crippen molar-refractivity contribution < 1.29 is 23.1 Å². The molecule has 1 amide bonds. The van der Waals surface area contributed by atoms with Crippen LogP contribution in [0.3, 0.4) is 0 Å². The van der Waals surface area contributed by atoms with Crippen molar-refractivity contribution in [2.75, 3.05) is 26.2 Å². The van der Waals surface area contributed by atoms with Gasteiger partial charge in [0.1, 0.15) is 6.04 Å². The average Bonchev–Trinajstić information content (AvgIpc) is 3.51. The Morgan fingerprint density at radius 1 is 1.18 bits per heavy atom. The molecule has 0 radical (unpaired) electrons. The van der Waals surface area contributed by atoms with Gasteiger partial charge in [-0.1, -0.05) is 29.8 Å². The first-order valence-corrected chi connectivity index (χ1v) is 14.5. The number of hydrogen-bond acceptors (Lipinski definition) is 8. The van der Waals surface area contributed by atoms with E-state index >= 15 is 0 Å². The zero-order valence-corrected chi connectivity index (χ0v) is 23.9. The number of carboxylic acid groups (broad SMARTS) is 1. The second-order valence-corrected chi connectivity index (χ2v) is 11.6. The number of rotatable bonds is 11. The number of nitrogens with one attached hydrogen (secondary N) is 4. The Bertz CT molecular complexity index is 1560. The zero-order chi connectivity index (χ0) is 29.0. The van der Waals surface area contributed by atoms with Crippen LogP contribution in [0.1, 0.15) is 39.2 Å². The lowest BCUT2D eigenvalue weighted by Gasteiger charge is -2.18. The molecule has 214 valence electrons. The number of aryl methyl sites for hydroxylation is 5. The minimum Gasteiger partial charge on any atom is -0.480 e. The number of carboxylic acids is 1. The molecular formula is C27H35N7O5S. The summed E-state index contributed by atoms with van der Waals surface area (Å²) in [7, 11) is -2.41. The van der Waals surface area contributed by atoms with Crippen molar-refractivity contribution in [1.29, 1.82) is 0 Å². The number of nitrogens with zero attached hydrogens (tertiary/aromatic N) is 3. The molecule has 0 spiro atoms. The van der Waals surface area contributed by atoms with Crippen LogP contribution in [-0.2, 0) is 28.3 Å². The zero-order valence-electron chi connectivity index (χ0n) is 23.0. The van der Waals surface area contributed by atoms with Crippen molar-refractivity contribution >= 4 is 38.8 Å². The number of amides is 1. The highest BCUT2D eigenvalue weighted by molar-refractivity contribution is 7.89. The van der Waals surface area contributed by atoms with E-state index in [9.17, 15) is 23.1 Å². The highest BCUT2D eigenvalue weighted by Gasteiger charge is 2.29. The molecule has 0 bridgehead atoms. The van der Waals surface area contributed by atoms with Crippen LogP contribution in [0, 0.1) is 20.8 Å². The van der Waals surface area contributed by atoms with E-state index in [0.29, 0.717) is 28.6 Å². The molecule has 0 aliphatic carbocycles. The largest absolute Gasteiger partial charge is 0.480 e. The molecule has 13 heteroatoms. The SMILES string of the molecule is Cc1cc(C)c(S(=O)(=O)NC(CNC(=O)c2cccc3c(CCCNC4=NCCN4)nn(C)c23)C(=O)O)c(C)c1. The second-order valence-electron chi connectivity index (χ2n) is 9.91. The molecule has 2 aromatic carbocycles. The van der Waals surface area contributed by atoms with Crippen molar-refractivity contribution in [3.05, 3.63) is 58.3 Å². The lowest BCUT2D eigenvalue weighted by molar-refractivity contribution is -0.138. The summed E-state index contributed by atoms with van der Waals surface area (Å²) in [4.78, 5) is 29.5. The Kier molecular flexibility index (Phi) is 8.74. The number of carbonyl (C=O) groups is 2. The number of aliphatic imine (C=N–C) groups is 1. The Morgan fingerprint density at radius 2 is 1.90 bits per heavy atom. The van der Waals surface area contributed by atoms with Crippen molar-refractivity contribution in [2.45, 2.75) is 44.6 Å². The molecule has 3 aromatic rings. The van der Waals surface area contributed by atoms with E-state index in [0.717, 1.165) is 48.7 Å². The minimum absolute atomic E-state index is 0.0329. The van der Waals surface area contributed by atoms with Crippen LogP contribution in [0.15, 0.2) is 40.2 Å². The first-order chi connectivity index (χ1) is 19.0. The summed E-state index contributed by atoms with van der Waals surface area (Å²) in [5.41, 5.74) is 3.70. The number of aliphatic carboxylic acids is 1. The number of benzene rings is 2. The fourth-order valence-electron chi connectivity index (χ4n) is 5.06. The fourth-order valence-corrected chi connectivity index (χ4v) is 6.71. The van der Waals surface area contributed by atoms with Crippen LogP contribution >= 0.6 is 0 Å². The molecule has 0 saturated carbocycles. The molecule has 0 saturated heterocycles. The number of sulfonamides is 1. The molecule has 1 aliphatic heterocycles. The van der Waals surface area contributed by atoms with Crippen molar-refractivity contribution in [3.8, 4) is 0 Å². The normalized spacial score (nSPS) is 14.1. The number of para-hydroxylation sites is 1. The maximum absolute atomic E-state index is 13.2. The Morgan fingerprint density at radius 3 is 2.55 bits per heavy atom. The van der Waals surface area contributed by atoms with Crippen LogP contribution in [0.2, 0.25) is 0 Å². The molecule has 2 heterocycles. The van der Waals surface area contributed by atoms with Crippen molar-refractivity contribution in [2.24, 2.45) is 12.0 Å². The predicted molar refractivity (Wildman–Crippen MR) is 152 cm³/mol. The molecule has 1 aliphatic rings. The van der Waals surface area contributed by atoms with Gasteiger partial charge >= 0.3 is 5.97 Å². The van der Waals surface area contributed by atoms with Crippen LogP contribution in [0.4, 0.5) is 0 Å². The monoisotopic (exact) mass is 569 g/mol. The van der Waals surface area contributed by atoms with Gasteiger partial charge < -0.3 is 21.1 Å². The molecule has 1 aromatic heterocycles. The van der Waals surface area contributed by atoms with Crippen LogP contribution < -0.4 is 20.7 Å². The van der Waals surface area contributed by atoms with E-state index in [-0.39, 0.29) is 4.90 Å². The summed E-state index contributed by atoms with van der Waals surface area (Å²) in [5.74, 6) is -1.13. The van der Waals surface area contributed by atoms with Gasteiger partial charge in [-0.05, 0) is 50.8 Å². The van der Waals surface area contributed by atoms with Gasteiger partial charge in [-0.15, -0.1) is 0 Å². The maximum Gasteiger partial charge on any atom is 0.323 e. The molecule has 40 heavy (non-hydrogen) atoms. The summed E-state index contributed by atoms with van der Waals surface area (Å²) in [5, 5.41) is 24.2. The molecule has 5 N–H and O–H groups in total. The van der Waals surface area contributed by atoms with E-state index in [1.807, 2.05) is 13.0 Å². The predicted octanol–water partition coefficient (Wildman–Crippen LogP) is 1.14. The van der Waals surface area contributed by atoms with Gasteiger partial charge in [-0.2, -0.15) is 9.82 Å². The number of aromatic nitrogens is 2. The molecule has 4 rings (SSSR count). The highest BCUT2D eigenvalue weighted by atomic mass is 32.2. The van der Waals surface area contributed by atoms with E-state index in [1.54, 1.807) is 49.8 Å². The van der Waals surface area contributed by atoms with Gasteiger partial charge in [-0.3, -0.25) is 19.3 Å². The minimum atomic E-state index is -4.16. The summed E-state index contributed by atoms with van der Waals surface area (Å²) in [6.07, 6.45) is 1.49. The number of hydrogen-bond donors (Lipinski definition) is 5. The van der Waals surface area contributed by atoms with E-state index in [2.05, 4.69) is 30.8 Å². The van der Waals surface area contributed by atoms with E-state index in [4.69, 9.17) is 0 Å². The first kappa shape index (κ1) is 29.0. The van der Waals surface area contributed by atoms with Crippen molar-refractivity contribution in [3.63, 3.8) is 0 Å². The number of guanidine groups is 1. The maximum atomic E-state index is 13.2. The third-order valence-electron chi connectivity index (χ3n) is 6.68. The number of fused-ring (bicyclic) bond motifs is 1. The molecule has 1 atom stereocenters. The quantitative estimate of drug-likeness (QED) is 0.214. The van der Waals surface area contributed by atoms with Gasteiger partial charge in [0.2, 0.25) is 10.0 Å². The van der Waals surface area contributed by atoms with Gasteiger partial charge in [0.15, 0.2) is 5.96 Å². The standard InChI is InChI=1S/C27H35N7O5S/c1-16-13-17(2)24(18(3)14-16)40(38,39)33-22(26(36)37)15-31-25(35)20-8-5-7-19-21(32-34(4)23(19)20)9-6-10-28-27-29-11-12-30-27/h5,7-8,13-14,22,33H,6,9-12,15H2,1-4H3,(H,31,35)(H,36,37)(H2,28,29,30). The molecule has 1 unspecified atom stereocenters. The van der Waals surface area contributed by atoms with Gasteiger partial charge in [0.25, 0.3) is 5.91 Å². The summed E-state index contributed by atoms with van der Waals surface area (Å²) < 4.78 is 30.1. The van der Waals surface area contributed by atoms with Gasteiger partial charge in [0, 0.05) is 32.1 Å². The lowest BCUT2D eigenvalue weighted by Crippen LogP contribution is -2.48. The van der Waals surface area contributed by atoms with E-state index in [1.165, 1.54) is 0 Å². The smallest absolute Gasteiger partial charge is 0.323 e. The van der Waals surface area contributed by atoms with Crippen LogP contribution in [0.25, 0.3) is 10.9 Å². The Balaban J connectivity index is 1.45.